The Labute approximate surface area is 122 Å². The van der Waals surface area contributed by atoms with Crippen molar-refractivity contribution in [3.05, 3.63) is 53.9 Å². The fourth-order valence-corrected chi connectivity index (χ4v) is 1.95. The van der Waals surface area contributed by atoms with Crippen molar-refractivity contribution >= 4 is 11.9 Å². The maximum absolute atomic E-state index is 12.0. The Balaban J connectivity index is 1.86. The summed E-state index contributed by atoms with van der Waals surface area (Å²) >= 11 is 0. The number of carbonyl (C=O) groups is 2. The third kappa shape index (κ3) is 4.17. The summed E-state index contributed by atoms with van der Waals surface area (Å²) in [6.45, 7) is 1.01. The lowest BCUT2D eigenvalue weighted by atomic mass is 10.1. The molecule has 21 heavy (non-hydrogen) atoms. The third-order valence-electron chi connectivity index (χ3n) is 3.16. The number of amides is 1. The first-order chi connectivity index (χ1) is 10.1. The molecule has 6 heteroatoms. The Morgan fingerprint density at radius 2 is 2.00 bits per heavy atom. The van der Waals surface area contributed by atoms with Crippen LogP contribution < -0.4 is 0 Å². The van der Waals surface area contributed by atoms with Gasteiger partial charge in [-0.15, -0.1) is 0 Å². The van der Waals surface area contributed by atoms with E-state index in [9.17, 15) is 9.59 Å². The number of hydrogen-bond donors (Lipinski definition) is 1. The van der Waals surface area contributed by atoms with Gasteiger partial charge in [-0.2, -0.15) is 5.10 Å². The molecule has 2 rings (SSSR count). The molecule has 1 amide bonds. The van der Waals surface area contributed by atoms with Crippen LogP contribution in [0.5, 0.6) is 0 Å². The second kappa shape index (κ2) is 6.69. The molecule has 0 atom stereocenters. The zero-order chi connectivity index (χ0) is 15.2. The summed E-state index contributed by atoms with van der Waals surface area (Å²) < 4.78 is 1.72. The van der Waals surface area contributed by atoms with E-state index in [4.69, 9.17) is 5.11 Å². The zero-order valence-electron chi connectivity index (χ0n) is 11.8. The van der Waals surface area contributed by atoms with Crippen LogP contribution in [0.1, 0.15) is 22.3 Å². The van der Waals surface area contributed by atoms with Crippen LogP contribution >= 0.6 is 0 Å². The summed E-state index contributed by atoms with van der Waals surface area (Å²) in [5.74, 6) is -0.932. The molecule has 110 valence electrons. The third-order valence-corrected chi connectivity index (χ3v) is 3.16. The molecule has 1 heterocycles. The van der Waals surface area contributed by atoms with E-state index in [1.165, 1.54) is 0 Å². The van der Waals surface area contributed by atoms with Gasteiger partial charge in [0.2, 0.25) is 5.91 Å². The summed E-state index contributed by atoms with van der Waals surface area (Å²) in [6, 6.07) is 8.35. The lowest BCUT2D eigenvalue weighted by molar-refractivity contribution is -0.130. The number of aromatic nitrogens is 2. The predicted molar refractivity (Wildman–Crippen MR) is 76.7 cm³/mol. The minimum atomic E-state index is -0.954. The highest BCUT2D eigenvalue weighted by molar-refractivity contribution is 5.87. The van der Waals surface area contributed by atoms with E-state index in [-0.39, 0.29) is 11.5 Å². The normalized spacial score (nSPS) is 10.3. The van der Waals surface area contributed by atoms with E-state index in [2.05, 4.69) is 5.10 Å². The van der Waals surface area contributed by atoms with Crippen molar-refractivity contribution < 1.29 is 14.7 Å². The van der Waals surface area contributed by atoms with E-state index >= 15 is 0 Å². The Kier molecular flexibility index (Phi) is 4.71. The molecule has 0 radical (unpaired) electrons. The van der Waals surface area contributed by atoms with Crippen molar-refractivity contribution in [2.75, 3.05) is 7.05 Å². The van der Waals surface area contributed by atoms with Gasteiger partial charge in [0.25, 0.3) is 0 Å². The molecular weight excluding hydrogens is 270 g/mol. The predicted octanol–water partition coefficient (Wildman–Crippen LogP) is 1.63. The van der Waals surface area contributed by atoms with Gasteiger partial charge in [0.05, 0.1) is 5.56 Å². The maximum Gasteiger partial charge on any atom is 0.335 e. The van der Waals surface area contributed by atoms with Gasteiger partial charge in [-0.1, -0.05) is 12.1 Å². The quantitative estimate of drug-likeness (QED) is 0.876. The second-order valence-corrected chi connectivity index (χ2v) is 4.77. The number of carbonyl (C=O) groups excluding carboxylic acids is 1. The number of nitrogens with zero attached hydrogens (tertiary/aromatic N) is 3. The monoisotopic (exact) mass is 287 g/mol. The van der Waals surface area contributed by atoms with Crippen LogP contribution in [0, 0.1) is 0 Å². The van der Waals surface area contributed by atoms with Crippen molar-refractivity contribution in [1.29, 1.82) is 0 Å². The minimum absolute atomic E-state index is 0.0211. The van der Waals surface area contributed by atoms with Gasteiger partial charge < -0.3 is 10.0 Å². The molecule has 0 saturated carbocycles. The number of aromatic carboxylic acids is 1. The maximum atomic E-state index is 12.0. The smallest absolute Gasteiger partial charge is 0.335 e. The van der Waals surface area contributed by atoms with E-state index in [1.54, 1.807) is 47.1 Å². The average molecular weight is 287 g/mol. The van der Waals surface area contributed by atoms with Crippen molar-refractivity contribution in [2.24, 2.45) is 0 Å². The van der Waals surface area contributed by atoms with Gasteiger partial charge in [-0.05, 0) is 23.8 Å². The van der Waals surface area contributed by atoms with Crippen molar-refractivity contribution in [2.45, 2.75) is 19.5 Å². The molecule has 0 fully saturated rings. The van der Waals surface area contributed by atoms with Gasteiger partial charge >= 0.3 is 5.97 Å². The van der Waals surface area contributed by atoms with Gasteiger partial charge in [-0.3, -0.25) is 9.48 Å². The number of benzene rings is 1. The molecule has 1 aromatic carbocycles. The fourth-order valence-electron chi connectivity index (χ4n) is 1.95. The van der Waals surface area contributed by atoms with Gasteiger partial charge in [-0.25, -0.2) is 4.79 Å². The van der Waals surface area contributed by atoms with E-state index in [0.717, 1.165) is 5.56 Å². The first kappa shape index (κ1) is 14.8. The molecule has 1 N–H and O–H groups in total. The summed E-state index contributed by atoms with van der Waals surface area (Å²) in [4.78, 5) is 24.4. The molecule has 0 aliphatic carbocycles. The van der Waals surface area contributed by atoms with Crippen molar-refractivity contribution in [3.8, 4) is 0 Å². The van der Waals surface area contributed by atoms with Gasteiger partial charge in [0, 0.05) is 39.0 Å². The summed E-state index contributed by atoms with van der Waals surface area (Å²) in [5.41, 5.74) is 1.14. The molecule has 0 unspecified atom stereocenters. The molecule has 0 aliphatic heterocycles. The van der Waals surface area contributed by atoms with Crippen LogP contribution in [0.3, 0.4) is 0 Å². The van der Waals surface area contributed by atoms with Crippen molar-refractivity contribution in [3.63, 3.8) is 0 Å². The standard InChI is InChI=1S/C15H17N3O3/c1-17(14(19)7-10-18-9-2-8-16-18)11-12-3-5-13(6-4-12)15(20)21/h2-6,8-9H,7,10-11H2,1H3,(H,20,21). The molecule has 2 aromatic rings. The molecule has 0 bridgehead atoms. The number of carboxylic acid groups (broad SMARTS) is 1. The minimum Gasteiger partial charge on any atom is -0.478 e. The second-order valence-electron chi connectivity index (χ2n) is 4.77. The average Bonchev–Trinajstić information content (AvgIpc) is 2.98. The summed E-state index contributed by atoms with van der Waals surface area (Å²) in [6.07, 6.45) is 3.88. The Bertz CT molecular complexity index is 606. The SMILES string of the molecule is CN(Cc1ccc(C(=O)O)cc1)C(=O)CCn1cccn1. The van der Waals surface area contributed by atoms with Crippen LogP contribution in [0.2, 0.25) is 0 Å². The van der Waals surface area contributed by atoms with Gasteiger partial charge in [0.1, 0.15) is 0 Å². The zero-order valence-corrected chi connectivity index (χ0v) is 11.8. The van der Waals surface area contributed by atoms with Gasteiger partial charge in [0.15, 0.2) is 0 Å². The molecule has 0 saturated heterocycles. The lowest BCUT2D eigenvalue weighted by Crippen LogP contribution is -2.27. The number of rotatable bonds is 6. The highest BCUT2D eigenvalue weighted by Crippen LogP contribution is 2.08. The van der Waals surface area contributed by atoms with Crippen LogP contribution in [0.15, 0.2) is 42.7 Å². The molecular formula is C15H17N3O3. The molecule has 0 aliphatic rings. The largest absolute Gasteiger partial charge is 0.478 e. The first-order valence-electron chi connectivity index (χ1n) is 6.60. The molecule has 6 nitrogen and oxygen atoms in total. The Morgan fingerprint density at radius 1 is 1.29 bits per heavy atom. The molecule has 0 spiro atoms. The highest BCUT2D eigenvalue weighted by Gasteiger charge is 2.10. The van der Waals surface area contributed by atoms with E-state index in [1.807, 2.05) is 12.3 Å². The number of aryl methyl sites for hydroxylation is 1. The van der Waals surface area contributed by atoms with Crippen molar-refractivity contribution in [1.82, 2.24) is 14.7 Å². The number of hydrogen-bond acceptors (Lipinski definition) is 3. The van der Waals surface area contributed by atoms with E-state index < -0.39 is 5.97 Å². The first-order valence-corrected chi connectivity index (χ1v) is 6.60. The lowest BCUT2D eigenvalue weighted by Gasteiger charge is -2.17. The highest BCUT2D eigenvalue weighted by atomic mass is 16.4. The van der Waals surface area contributed by atoms with Crippen LogP contribution in [-0.2, 0) is 17.9 Å². The van der Waals surface area contributed by atoms with Crippen LogP contribution in [0.25, 0.3) is 0 Å². The summed E-state index contributed by atoms with van der Waals surface area (Å²) in [5, 5.41) is 12.9. The molecule has 1 aromatic heterocycles. The fraction of sp³-hybridized carbons (Fsp3) is 0.267. The summed E-state index contributed by atoms with van der Waals surface area (Å²) in [7, 11) is 1.73. The van der Waals surface area contributed by atoms with Crippen LogP contribution in [0.4, 0.5) is 0 Å². The Hall–Kier alpha value is -2.63. The van der Waals surface area contributed by atoms with Crippen LogP contribution in [-0.4, -0.2) is 38.7 Å². The topological polar surface area (TPSA) is 75.4 Å². The number of carboxylic acids is 1. The van der Waals surface area contributed by atoms with E-state index in [0.29, 0.717) is 19.5 Å². The Morgan fingerprint density at radius 3 is 2.57 bits per heavy atom.